The van der Waals surface area contributed by atoms with E-state index in [9.17, 15) is 4.79 Å². The van der Waals surface area contributed by atoms with Gasteiger partial charge in [-0.25, -0.2) is 0 Å². The topological polar surface area (TPSA) is 59.0 Å². The van der Waals surface area contributed by atoms with Crippen molar-refractivity contribution in [1.29, 1.82) is 0 Å². The smallest absolute Gasteiger partial charge is 0.152 e. The molecule has 1 N–H and O–H groups in total. The molecule has 0 spiro atoms. The highest BCUT2D eigenvalue weighted by Gasteiger charge is 2.09. The highest BCUT2D eigenvalue weighted by molar-refractivity contribution is 5.84. The Morgan fingerprint density at radius 2 is 2.06 bits per heavy atom. The monoisotopic (exact) mass is 253 g/mol. The van der Waals surface area contributed by atoms with Gasteiger partial charge in [0.25, 0.3) is 0 Å². The predicted octanol–water partition coefficient (Wildman–Crippen LogP) is 1.27. The molecule has 0 aliphatic rings. The maximum Gasteiger partial charge on any atom is 0.152 e. The molecular weight excluding hydrogens is 234 g/mol. The molecule has 0 radical (unpaired) electrons. The van der Waals surface area contributed by atoms with Gasteiger partial charge in [-0.2, -0.15) is 0 Å². The van der Waals surface area contributed by atoms with E-state index in [2.05, 4.69) is 0 Å². The molecule has 100 valence electrons. The summed E-state index contributed by atoms with van der Waals surface area (Å²) < 4.78 is 5.10. The molecule has 0 saturated carbocycles. The highest BCUT2D eigenvalue weighted by Crippen LogP contribution is 2.18. The van der Waals surface area contributed by atoms with Crippen LogP contribution in [0.3, 0.4) is 0 Å². The van der Waals surface area contributed by atoms with E-state index in [1.54, 1.807) is 11.1 Å². The summed E-state index contributed by atoms with van der Waals surface area (Å²) in [5, 5.41) is 10.2. The van der Waals surface area contributed by atoms with Crippen LogP contribution >= 0.6 is 0 Å². The van der Waals surface area contributed by atoms with Crippen LogP contribution in [-0.4, -0.2) is 44.4 Å². The third-order valence-corrected chi connectivity index (χ3v) is 2.33. The molecule has 1 aromatic rings. The molecule has 1 aromatic carbocycles. The Labute approximate surface area is 107 Å². The van der Waals surface area contributed by atoms with Crippen LogP contribution in [0.1, 0.15) is 17.3 Å². The molecule has 0 amide bonds. The third kappa shape index (κ3) is 4.44. The largest absolute Gasteiger partial charge is 0.394 e. The zero-order chi connectivity index (χ0) is 13.2. The quantitative estimate of drug-likeness (QED) is 0.408. The molecule has 1 rings (SSSR count). The van der Waals surface area contributed by atoms with Gasteiger partial charge in [0.1, 0.15) is 0 Å². The number of hydroxylamine groups is 1. The number of nitrogens with zero attached hydrogens (tertiary/aromatic N) is 1. The number of para-hydroxylation sites is 1. The zero-order valence-electron chi connectivity index (χ0n) is 10.5. The number of benzene rings is 1. The van der Waals surface area contributed by atoms with Crippen molar-refractivity contribution >= 4 is 12.0 Å². The fraction of sp³-hybridized carbons (Fsp3) is 0.462. The van der Waals surface area contributed by atoms with Crippen LogP contribution in [0.15, 0.2) is 24.3 Å². The van der Waals surface area contributed by atoms with Crippen LogP contribution in [0, 0.1) is 0 Å². The molecule has 0 heterocycles. The summed E-state index contributed by atoms with van der Waals surface area (Å²) in [4.78, 5) is 16.5. The summed E-state index contributed by atoms with van der Waals surface area (Å²) in [5.41, 5.74) is 1.34. The van der Waals surface area contributed by atoms with E-state index in [1.165, 1.54) is 0 Å². The van der Waals surface area contributed by atoms with Crippen molar-refractivity contribution in [3.05, 3.63) is 29.8 Å². The van der Waals surface area contributed by atoms with Gasteiger partial charge in [-0.15, -0.1) is 0 Å². The number of ether oxygens (including phenoxy) is 1. The number of aliphatic hydroxyl groups excluding tert-OH is 1. The zero-order valence-corrected chi connectivity index (χ0v) is 10.5. The first kappa shape index (κ1) is 14.6. The van der Waals surface area contributed by atoms with Crippen LogP contribution in [0.2, 0.25) is 0 Å². The Bertz CT molecular complexity index is 357. The molecule has 0 atom stereocenters. The van der Waals surface area contributed by atoms with Gasteiger partial charge in [-0.3, -0.25) is 14.7 Å². The highest BCUT2D eigenvalue weighted by atomic mass is 16.7. The lowest BCUT2D eigenvalue weighted by atomic mass is 10.2. The first-order valence-electron chi connectivity index (χ1n) is 5.96. The Morgan fingerprint density at radius 1 is 1.28 bits per heavy atom. The number of hydrogen-bond acceptors (Lipinski definition) is 5. The number of anilines is 1. The molecule has 18 heavy (non-hydrogen) atoms. The minimum Gasteiger partial charge on any atom is -0.394 e. The third-order valence-electron chi connectivity index (χ3n) is 2.33. The van der Waals surface area contributed by atoms with Gasteiger partial charge in [-0.05, 0) is 19.1 Å². The van der Waals surface area contributed by atoms with Crippen molar-refractivity contribution in [3.8, 4) is 0 Å². The Hall–Kier alpha value is -1.43. The van der Waals surface area contributed by atoms with Crippen molar-refractivity contribution in [2.45, 2.75) is 6.92 Å². The number of hydrogen-bond donors (Lipinski definition) is 1. The van der Waals surface area contributed by atoms with Gasteiger partial charge >= 0.3 is 0 Å². The lowest BCUT2D eigenvalue weighted by Crippen LogP contribution is -2.26. The average Bonchev–Trinajstić information content (AvgIpc) is 2.43. The van der Waals surface area contributed by atoms with E-state index in [1.807, 2.05) is 25.1 Å². The Balaban J connectivity index is 2.52. The van der Waals surface area contributed by atoms with Gasteiger partial charge in [-0.1, -0.05) is 12.1 Å². The molecule has 0 unspecified atom stereocenters. The van der Waals surface area contributed by atoms with Crippen LogP contribution in [0.25, 0.3) is 0 Å². The number of aliphatic hydroxyl groups is 1. The normalized spacial score (nSPS) is 10.3. The van der Waals surface area contributed by atoms with Crippen molar-refractivity contribution < 1.29 is 19.5 Å². The van der Waals surface area contributed by atoms with Crippen LogP contribution < -0.4 is 5.06 Å². The molecule has 5 nitrogen and oxygen atoms in total. The van der Waals surface area contributed by atoms with E-state index < -0.39 is 0 Å². The Morgan fingerprint density at radius 3 is 2.72 bits per heavy atom. The molecule has 0 bridgehead atoms. The SMILES string of the molecule is CCN(OCCOCCO)c1ccccc1C=O. The molecular formula is C13H19NO4. The second-order valence-electron chi connectivity index (χ2n) is 3.54. The minimum atomic E-state index is 0.00542. The van der Waals surface area contributed by atoms with Crippen LogP contribution in [0.4, 0.5) is 5.69 Å². The molecule has 5 heteroatoms. The summed E-state index contributed by atoms with van der Waals surface area (Å²) in [5.74, 6) is 0. The summed E-state index contributed by atoms with van der Waals surface area (Å²) >= 11 is 0. The standard InChI is InChI=1S/C13H19NO4/c1-2-14(18-10-9-17-8-7-15)13-6-4-3-5-12(13)11-16/h3-6,11,15H,2,7-10H2,1H3. The molecule has 0 aliphatic carbocycles. The molecule has 0 saturated heterocycles. The second-order valence-corrected chi connectivity index (χ2v) is 3.54. The molecule has 0 fully saturated rings. The van der Waals surface area contributed by atoms with Gasteiger partial charge in [0.05, 0.1) is 32.1 Å². The predicted molar refractivity (Wildman–Crippen MR) is 68.7 cm³/mol. The fourth-order valence-electron chi connectivity index (χ4n) is 1.52. The van der Waals surface area contributed by atoms with Gasteiger partial charge in [0.15, 0.2) is 6.29 Å². The van der Waals surface area contributed by atoms with Crippen molar-refractivity contribution in [3.63, 3.8) is 0 Å². The van der Waals surface area contributed by atoms with Crippen LogP contribution in [-0.2, 0) is 9.57 Å². The lowest BCUT2D eigenvalue weighted by molar-refractivity contribution is 0.0244. The second kappa shape index (κ2) is 8.63. The first-order valence-corrected chi connectivity index (χ1v) is 5.96. The van der Waals surface area contributed by atoms with Crippen molar-refractivity contribution in [2.75, 3.05) is 38.0 Å². The van der Waals surface area contributed by atoms with E-state index in [-0.39, 0.29) is 6.61 Å². The lowest BCUT2D eigenvalue weighted by Gasteiger charge is -2.23. The molecule has 0 aromatic heterocycles. The summed E-state index contributed by atoms with van der Waals surface area (Å²) in [6.07, 6.45) is 0.809. The molecule has 0 aliphatic heterocycles. The number of carbonyl (C=O) groups is 1. The summed E-state index contributed by atoms with van der Waals surface area (Å²) in [7, 11) is 0. The first-order chi connectivity index (χ1) is 8.83. The summed E-state index contributed by atoms with van der Waals surface area (Å²) in [6, 6.07) is 7.25. The van der Waals surface area contributed by atoms with E-state index in [4.69, 9.17) is 14.7 Å². The van der Waals surface area contributed by atoms with E-state index in [0.717, 1.165) is 12.0 Å². The minimum absolute atomic E-state index is 0.00542. The fourth-order valence-corrected chi connectivity index (χ4v) is 1.52. The van der Waals surface area contributed by atoms with E-state index >= 15 is 0 Å². The van der Waals surface area contributed by atoms with Gasteiger partial charge in [0, 0.05) is 12.1 Å². The van der Waals surface area contributed by atoms with Crippen molar-refractivity contribution in [1.82, 2.24) is 0 Å². The van der Waals surface area contributed by atoms with Gasteiger partial charge < -0.3 is 9.84 Å². The number of carbonyl (C=O) groups excluding carboxylic acids is 1. The average molecular weight is 253 g/mol. The Kier molecular flexibility index (Phi) is 7.01. The van der Waals surface area contributed by atoms with Crippen molar-refractivity contribution in [2.24, 2.45) is 0 Å². The maximum atomic E-state index is 10.9. The number of rotatable bonds is 9. The van der Waals surface area contributed by atoms with Gasteiger partial charge in [0.2, 0.25) is 0 Å². The maximum absolute atomic E-state index is 10.9. The van der Waals surface area contributed by atoms with E-state index in [0.29, 0.717) is 31.9 Å². The van der Waals surface area contributed by atoms with Crippen LogP contribution in [0.5, 0.6) is 0 Å². The number of aldehydes is 1. The summed E-state index contributed by atoms with van der Waals surface area (Å²) in [6.45, 7) is 3.66.